The quantitative estimate of drug-likeness (QED) is 0.316. The van der Waals surface area contributed by atoms with Crippen molar-refractivity contribution in [2.45, 2.75) is 52.0 Å². The molecule has 1 fully saturated rings. The largest absolute Gasteiger partial charge is 0.469 e. The van der Waals surface area contributed by atoms with Gasteiger partial charge >= 0.3 is 5.97 Å². The van der Waals surface area contributed by atoms with Gasteiger partial charge in [0.05, 0.1) is 13.5 Å². The van der Waals surface area contributed by atoms with E-state index in [9.17, 15) is 4.79 Å². The first kappa shape index (κ1) is 20.5. The second-order valence-electron chi connectivity index (χ2n) is 5.83. The lowest BCUT2D eigenvalue weighted by Crippen LogP contribution is -2.45. The van der Waals surface area contributed by atoms with Crippen LogP contribution >= 0.6 is 24.0 Å². The minimum absolute atomic E-state index is 0. The number of hydrogen-bond acceptors (Lipinski definition) is 3. The van der Waals surface area contributed by atoms with Gasteiger partial charge in [0.1, 0.15) is 0 Å². The van der Waals surface area contributed by atoms with Crippen molar-refractivity contribution in [2.75, 3.05) is 20.7 Å². The summed E-state index contributed by atoms with van der Waals surface area (Å²) in [6.07, 6.45) is 5.32. The third-order valence-electron chi connectivity index (χ3n) is 4.13. The van der Waals surface area contributed by atoms with Crippen molar-refractivity contribution in [3.8, 4) is 0 Å². The number of halogens is 1. The molecule has 124 valence electrons. The van der Waals surface area contributed by atoms with Gasteiger partial charge in [-0.1, -0.05) is 13.8 Å². The van der Waals surface area contributed by atoms with Crippen molar-refractivity contribution in [1.29, 1.82) is 0 Å². The summed E-state index contributed by atoms with van der Waals surface area (Å²) in [4.78, 5) is 15.3. The van der Waals surface area contributed by atoms with Crippen LogP contribution in [0.5, 0.6) is 0 Å². The number of methoxy groups -OCH3 is 1. The molecule has 21 heavy (non-hydrogen) atoms. The molecule has 0 spiro atoms. The second kappa shape index (κ2) is 11.1. The van der Waals surface area contributed by atoms with E-state index in [1.165, 1.54) is 32.8 Å². The molecule has 0 unspecified atom stereocenters. The molecule has 0 aromatic heterocycles. The first-order valence-electron chi connectivity index (χ1n) is 7.60. The molecule has 5 nitrogen and oxygen atoms in total. The van der Waals surface area contributed by atoms with E-state index < -0.39 is 0 Å². The molecule has 0 aromatic carbocycles. The second-order valence-corrected chi connectivity index (χ2v) is 5.83. The van der Waals surface area contributed by atoms with Crippen LogP contribution in [0.1, 0.15) is 46.0 Å². The van der Waals surface area contributed by atoms with Gasteiger partial charge in [-0.2, -0.15) is 0 Å². The maximum atomic E-state index is 11.0. The van der Waals surface area contributed by atoms with E-state index in [1.54, 1.807) is 7.05 Å². The number of esters is 1. The summed E-state index contributed by atoms with van der Waals surface area (Å²) >= 11 is 0. The topological polar surface area (TPSA) is 62.7 Å². The molecular formula is C15H30IN3O2. The standard InChI is InChI=1S/C15H29N3O2.HI/c1-11(2)12-5-7-13(8-6-12)18-15(16-3)17-10-9-14(19)20-4;/h11-13H,5-10H2,1-4H3,(H2,16,17,18);1H. The van der Waals surface area contributed by atoms with Crippen LogP contribution in [0.4, 0.5) is 0 Å². The molecule has 1 aliphatic rings. The van der Waals surface area contributed by atoms with Crippen LogP contribution in [-0.2, 0) is 9.53 Å². The molecule has 6 heteroatoms. The third-order valence-corrected chi connectivity index (χ3v) is 4.13. The molecule has 2 N–H and O–H groups in total. The molecule has 0 amide bonds. The first-order chi connectivity index (χ1) is 9.56. The maximum Gasteiger partial charge on any atom is 0.307 e. The van der Waals surface area contributed by atoms with Gasteiger partial charge in [-0.05, 0) is 37.5 Å². The zero-order valence-corrected chi connectivity index (χ0v) is 16.0. The Kier molecular flexibility index (Phi) is 10.8. The average Bonchev–Trinajstić information content (AvgIpc) is 2.46. The number of carbonyl (C=O) groups excluding carboxylic acids is 1. The first-order valence-corrected chi connectivity index (χ1v) is 7.60. The van der Waals surface area contributed by atoms with Crippen LogP contribution < -0.4 is 10.6 Å². The Morgan fingerprint density at radius 1 is 1.29 bits per heavy atom. The van der Waals surface area contributed by atoms with Crippen molar-refractivity contribution < 1.29 is 9.53 Å². The Morgan fingerprint density at radius 2 is 1.90 bits per heavy atom. The van der Waals surface area contributed by atoms with E-state index in [2.05, 4.69) is 34.2 Å². The van der Waals surface area contributed by atoms with Crippen molar-refractivity contribution in [3.05, 3.63) is 0 Å². The van der Waals surface area contributed by atoms with E-state index in [-0.39, 0.29) is 29.9 Å². The molecule has 0 bridgehead atoms. The highest BCUT2D eigenvalue weighted by atomic mass is 127. The van der Waals surface area contributed by atoms with Crippen LogP contribution in [0.25, 0.3) is 0 Å². The maximum absolute atomic E-state index is 11.0. The number of aliphatic imine (C=N–C) groups is 1. The molecule has 0 aliphatic heterocycles. The van der Waals surface area contributed by atoms with Crippen molar-refractivity contribution in [3.63, 3.8) is 0 Å². The van der Waals surface area contributed by atoms with Crippen molar-refractivity contribution >= 4 is 35.9 Å². The number of carbonyl (C=O) groups is 1. The Hall–Kier alpha value is -0.530. The van der Waals surface area contributed by atoms with E-state index in [0.717, 1.165) is 17.8 Å². The summed E-state index contributed by atoms with van der Waals surface area (Å²) in [6.45, 7) is 5.17. The number of guanidine groups is 1. The van der Waals surface area contributed by atoms with Crippen molar-refractivity contribution in [1.82, 2.24) is 10.6 Å². The van der Waals surface area contributed by atoms with Gasteiger partial charge in [-0.25, -0.2) is 0 Å². The molecule has 1 saturated carbocycles. The Morgan fingerprint density at radius 3 is 2.38 bits per heavy atom. The Labute approximate surface area is 145 Å². The van der Waals surface area contributed by atoms with Gasteiger partial charge in [0.25, 0.3) is 0 Å². The fraction of sp³-hybridized carbons (Fsp3) is 0.867. The zero-order valence-electron chi connectivity index (χ0n) is 13.6. The number of ether oxygens (including phenoxy) is 1. The zero-order chi connectivity index (χ0) is 15.0. The summed E-state index contributed by atoms with van der Waals surface area (Å²) in [5, 5.41) is 6.60. The van der Waals surface area contributed by atoms with Crippen LogP contribution in [0.3, 0.4) is 0 Å². The fourth-order valence-electron chi connectivity index (χ4n) is 2.70. The van der Waals surface area contributed by atoms with E-state index in [0.29, 0.717) is 19.0 Å². The van der Waals surface area contributed by atoms with E-state index in [1.807, 2.05) is 0 Å². The van der Waals surface area contributed by atoms with Gasteiger partial charge < -0.3 is 15.4 Å². The number of hydrogen-bond donors (Lipinski definition) is 2. The lowest BCUT2D eigenvalue weighted by molar-refractivity contribution is -0.140. The minimum atomic E-state index is -0.203. The van der Waals surface area contributed by atoms with Crippen LogP contribution in [0.2, 0.25) is 0 Å². The summed E-state index contributed by atoms with van der Waals surface area (Å²) < 4.78 is 4.61. The van der Waals surface area contributed by atoms with Crippen LogP contribution in [0, 0.1) is 11.8 Å². The molecule has 0 heterocycles. The molecule has 0 saturated heterocycles. The van der Waals surface area contributed by atoms with E-state index >= 15 is 0 Å². The number of nitrogens with one attached hydrogen (secondary N) is 2. The van der Waals surface area contributed by atoms with Gasteiger partial charge in [0.15, 0.2) is 5.96 Å². The lowest BCUT2D eigenvalue weighted by atomic mass is 9.80. The van der Waals surface area contributed by atoms with Gasteiger partial charge in [0.2, 0.25) is 0 Å². The summed E-state index contributed by atoms with van der Waals surface area (Å²) in [5.41, 5.74) is 0. The Balaban J connectivity index is 0.00000400. The Bertz CT molecular complexity index is 327. The summed E-state index contributed by atoms with van der Waals surface area (Å²) in [7, 11) is 3.16. The summed E-state index contributed by atoms with van der Waals surface area (Å²) in [5.74, 6) is 2.23. The predicted molar refractivity (Wildman–Crippen MR) is 97.1 cm³/mol. The fourth-order valence-corrected chi connectivity index (χ4v) is 2.70. The molecule has 0 radical (unpaired) electrons. The van der Waals surface area contributed by atoms with Crippen LogP contribution in [0.15, 0.2) is 4.99 Å². The van der Waals surface area contributed by atoms with Crippen LogP contribution in [-0.4, -0.2) is 38.7 Å². The average molecular weight is 411 g/mol. The molecular weight excluding hydrogens is 381 g/mol. The lowest BCUT2D eigenvalue weighted by Gasteiger charge is -2.32. The number of rotatable bonds is 5. The van der Waals surface area contributed by atoms with Crippen molar-refractivity contribution in [2.24, 2.45) is 16.8 Å². The predicted octanol–water partition coefficient (Wildman–Crippen LogP) is 2.55. The molecule has 0 atom stereocenters. The molecule has 1 aliphatic carbocycles. The highest BCUT2D eigenvalue weighted by Gasteiger charge is 2.23. The van der Waals surface area contributed by atoms with E-state index in [4.69, 9.17) is 0 Å². The van der Waals surface area contributed by atoms with Gasteiger partial charge in [0, 0.05) is 19.6 Å². The third kappa shape index (κ3) is 7.87. The highest BCUT2D eigenvalue weighted by Crippen LogP contribution is 2.29. The SMILES string of the molecule is CN=C(NCCC(=O)OC)NC1CCC(C(C)C)CC1.I. The van der Waals surface area contributed by atoms with Gasteiger partial charge in [-0.3, -0.25) is 9.79 Å². The number of nitrogens with zero attached hydrogens (tertiary/aromatic N) is 1. The minimum Gasteiger partial charge on any atom is -0.469 e. The molecule has 1 rings (SSSR count). The normalized spacial score (nSPS) is 22.4. The van der Waals surface area contributed by atoms with Gasteiger partial charge in [-0.15, -0.1) is 24.0 Å². The summed E-state index contributed by atoms with van der Waals surface area (Å²) in [6, 6.07) is 0.495. The molecule has 0 aromatic rings. The highest BCUT2D eigenvalue weighted by molar-refractivity contribution is 14.0. The smallest absolute Gasteiger partial charge is 0.307 e. The monoisotopic (exact) mass is 411 g/mol.